The quantitative estimate of drug-likeness (QED) is 0.704. The van der Waals surface area contributed by atoms with Crippen LogP contribution < -0.4 is 5.32 Å². The first-order chi connectivity index (χ1) is 7.22. The minimum atomic E-state index is 0.801. The first-order valence-corrected chi connectivity index (χ1v) is 7.42. The molecule has 0 amide bonds. The van der Waals surface area contributed by atoms with Crippen molar-refractivity contribution >= 4 is 11.8 Å². The van der Waals surface area contributed by atoms with Crippen molar-refractivity contribution in [3.8, 4) is 0 Å². The Balaban J connectivity index is 1.99. The number of thioether (sulfide) groups is 1. The summed E-state index contributed by atoms with van der Waals surface area (Å²) in [4.78, 5) is 2.26. The van der Waals surface area contributed by atoms with Crippen LogP contribution in [0, 0.1) is 0 Å². The van der Waals surface area contributed by atoms with Gasteiger partial charge in [-0.1, -0.05) is 0 Å². The molecule has 3 heteroatoms. The SMILES string of the molecule is CSC1CCC(NCCCN(C)C)CC1. The van der Waals surface area contributed by atoms with E-state index in [1.54, 1.807) is 0 Å². The van der Waals surface area contributed by atoms with Gasteiger partial charge in [0.2, 0.25) is 0 Å². The molecule has 1 saturated carbocycles. The van der Waals surface area contributed by atoms with E-state index < -0.39 is 0 Å². The van der Waals surface area contributed by atoms with Crippen molar-refractivity contribution < 1.29 is 0 Å². The lowest BCUT2D eigenvalue weighted by atomic mass is 9.95. The van der Waals surface area contributed by atoms with Crippen molar-refractivity contribution in [1.29, 1.82) is 0 Å². The Morgan fingerprint density at radius 1 is 1.20 bits per heavy atom. The minimum Gasteiger partial charge on any atom is -0.314 e. The van der Waals surface area contributed by atoms with Crippen molar-refractivity contribution in [3.63, 3.8) is 0 Å². The van der Waals surface area contributed by atoms with E-state index in [4.69, 9.17) is 0 Å². The maximum Gasteiger partial charge on any atom is 0.00678 e. The zero-order valence-electron chi connectivity index (χ0n) is 10.5. The molecule has 0 bridgehead atoms. The fraction of sp³-hybridized carbons (Fsp3) is 1.00. The van der Waals surface area contributed by atoms with Crippen LogP contribution in [0.3, 0.4) is 0 Å². The van der Waals surface area contributed by atoms with Crippen LogP contribution in [0.15, 0.2) is 0 Å². The zero-order valence-corrected chi connectivity index (χ0v) is 11.3. The summed E-state index contributed by atoms with van der Waals surface area (Å²) in [7, 11) is 4.29. The van der Waals surface area contributed by atoms with Crippen molar-refractivity contribution in [3.05, 3.63) is 0 Å². The first-order valence-electron chi connectivity index (χ1n) is 6.13. The largest absolute Gasteiger partial charge is 0.314 e. The lowest BCUT2D eigenvalue weighted by molar-refractivity contribution is 0.353. The molecular weight excluding hydrogens is 204 g/mol. The second-order valence-corrected chi connectivity index (χ2v) is 5.96. The van der Waals surface area contributed by atoms with Crippen LogP contribution >= 0.6 is 11.8 Å². The topological polar surface area (TPSA) is 15.3 Å². The maximum absolute atomic E-state index is 3.69. The Bertz CT molecular complexity index is 154. The summed E-state index contributed by atoms with van der Waals surface area (Å²) in [5.74, 6) is 0. The fourth-order valence-corrected chi connectivity index (χ4v) is 2.95. The molecule has 0 aromatic carbocycles. The molecule has 1 aliphatic carbocycles. The number of hydrogen-bond acceptors (Lipinski definition) is 3. The molecule has 1 fully saturated rings. The number of nitrogens with zero attached hydrogens (tertiary/aromatic N) is 1. The van der Waals surface area contributed by atoms with Crippen LogP contribution in [-0.2, 0) is 0 Å². The third-order valence-corrected chi connectivity index (χ3v) is 4.36. The van der Waals surface area contributed by atoms with Gasteiger partial charge in [0.05, 0.1) is 0 Å². The predicted octanol–water partition coefficient (Wildman–Crippen LogP) is 2.20. The molecule has 0 atom stereocenters. The molecule has 0 aromatic rings. The van der Waals surface area contributed by atoms with E-state index in [0.717, 1.165) is 11.3 Å². The highest BCUT2D eigenvalue weighted by atomic mass is 32.2. The summed E-state index contributed by atoms with van der Waals surface area (Å²) in [6.07, 6.45) is 9.10. The minimum absolute atomic E-state index is 0.801. The molecule has 1 rings (SSSR count). The molecule has 1 N–H and O–H groups in total. The standard InChI is InChI=1S/C12H26N2S/c1-14(2)10-4-9-13-11-5-7-12(15-3)8-6-11/h11-13H,4-10H2,1-3H3. The van der Waals surface area contributed by atoms with Crippen LogP contribution in [0.1, 0.15) is 32.1 Å². The summed E-state index contributed by atoms with van der Waals surface area (Å²) >= 11 is 2.05. The van der Waals surface area contributed by atoms with Crippen LogP contribution in [0.25, 0.3) is 0 Å². The highest BCUT2D eigenvalue weighted by Crippen LogP contribution is 2.26. The molecule has 0 aliphatic heterocycles. The van der Waals surface area contributed by atoms with Gasteiger partial charge in [0.1, 0.15) is 0 Å². The van der Waals surface area contributed by atoms with E-state index in [1.165, 1.54) is 45.2 Å². The van der Waals surface area contributed by atoms with E-state index in [1.807, 2.05) is 11.8 Å². The lowest BCUT2D eigenvalue weighted by Gasteiger charge is -2.28. The molecule has 0 heterocycles. The van der Waals surface area contributed by atoms with Crippen LogP contribution in [-0.4, -0.2) is 49.6 Å². The van der Waals surface area contributed by atoms with Gasteiger partial charge in [-0.05, 0) is 65.5 Å². The molecule has 0 saturated heterocycles. The second kappa shape index (κ2) is 7.53. The normalized spacial score (nSPS) is 27.2. The maximum atomic E-state index is 3.69. The third kappa shape index (κ3) is 5.79. The monoisotopic (exact) mass is 230 g/mol. The fourth-order valence-electron chi connectivity index (χ4n) is 2.20. The van der Waals surface area contributed by atoms with Crippen molar-refractivity contribution in [1.82, 2.24) is 10.2 Å². The summed E-state index contributed by atoms with van der Waals surface area (Å²) < 4.78 is 0. The van der Waals surface area contributed by atoms with Crippen molar-refractivity contribution in [2.75, 3.05) is 33.4 Å². The third-order valence-electron chi connectivity index (χ3n) is 3.22. The Kier molecular flexibility index (Phi) is 6.69. The molecule has 15 heavy (non-hydrogen) atoms. The van der Waals surface area contributed by atoms with Crippen molar-refractivity contribution in [2.24, 2.45) is 0 Å². The first kappa shape index (κ1) is 13.3. The molecule has 2 nitrogen and oxygen atoms in total. The second-order valence-electron chi connectivity index (χ2n) is 4.82. The number of rotatable bonds is 6. The molecule has 1 aliphatic rings. The van der Waals surface area contributed by atoms with Crippen LogP contribution in [0.5, 0.6) is 0 Å². The average Bonchev–Trinajstić information content (AvgIpc) is 2.25. The van der Waals surface area contributed by atoms with Gasteiger partial charge in [0.15, 0.2) is 0 Å². The number of hydrogen-bond donors (Lipinski definition) is 1. The van der Waals surface area contributed by atoms with Crippen LogP contribution in [0.4, 0.5) is 0 Å². The highest BCUT2D eigenvalue weighted by Gasteiger charge is 2.19. The zero-order chi connectivity index (χ0) is 11.1. The van der Waals surface area contributed by atoms with E-state index >= 15 is 0 Å². The van der Waals surface area contributed by atoms with Gasteiger partial charge in [0.25, 0.3) is 0 Å². The highest BCUT2D eigenvalue weighted by molar-refractivity contribution is 7.99. The summed E-state index contributed by atoms with van der Waals surface area (Å²) in [6, 6.07) is 0.801. The van der Waals surface area contributed by atoms with Gasteiger partial charge in [-0.25, -0.2) is 0 Å². The van der Waals surface area contributed by atoms with Crippen LogP contribution in [0.2, 0.25) is 0 Å². The Morgan fingerprint density at radius 2 is 1.87 bits per heavy atom. The molecule has 0 spiro atoms. The Hall–Kier alpha value is 0.270. The molecule has 0 radical (unpaired) electrons. The van der Waals surface area contributed by atoms with E-state index in [0.29, 0.717) is 0 Å². The summed E-state index contributed by atoms with van der Waals surface area (Å²) in [5, 5.41) is 4.62. The van der Waals surface area contributed by atoms with Gasteiger partial charge < -0.3 is 10.2 Å². The Morgan fingerprint density at radius 3 is 2.40 bits per heavy atom. The molecular formula is C12H26N2S. The van der Waals surface area contributed by atoms with E-state index in [9.17, 15) is 0 Å². The molecule has 0 unspecified atom stereocenters. The lowest BCUT2D eigenvalue weighted by Crippen LogP contribution is -2.35. The van der Waals surface area contributed by atoms with E-state index in [-0.39, 0.29) is 0 Å². The smallest absolute Gasteiger partial charge is 0.00678 e. The number of nitrogens with one attached hydrogen (secondary N) is 1. The van der Waals surface area contributed by atoms with Gasteiger partial charge >= 0.3 is 0 Å². The van der Waals surface area contributed by atoms with Crippen molar-refractivity contribution in [2.45, 2.75) is 43.4 Å². The van der Waals surface area contributed by atoms with Gasteiger partial charge in [-0.15, -0.1) is 0 Å². The predicted molar refractivity (Wildman–Crippen MR) is 70.7 cm³/mol. The van der Waals surface area contributed by atoms with Gasteiger partial charge in [-0.3, -0.25) is 0 Å². The summed E-state index contributed by atoms with van der Waals surface area (Å²) in [6.45, 7) is 2.39. The van der Waals surface area contributed by atoms with Gasteiger partial charge in [-0.2, -0.15) is 11.8 Å². The molecule has 90 valence electrons. The molecule has 0 aromatic heterocycles. The summed E-state index contributed by atoms with van der Waals surface area (Å²) in [5.41, 5.74) is 0. The van der Waals surface area contributed by atoms with Gasteiger partial charge in [0, 0.05) is 11.3 Å². The average molecular weight is 230 g/mol. The Labute approximate surface area is 99.2 Å². The van der Waals surface area contributed by atoms with E-state index in [2.05, 4.69) is 30.6 Å².